The van der Waals surface area contributed by atoms with Gasteiger partial charge in [-0.2, -0.15) is 15.4 Å². The zero-order valence-electron chi connectivity index (χ0n) is 13.4. The average Bonchev–Trinajstić information content (AvgIpc) is 3.15. The van der Waals surface area contributed by atoms with Gasteiger partial charge < -0.3 is 9.80 Å². The van der Waals surface area contributed by atoms with Crippen LogP contribution >= 0.6 is 0 Å². The van der Waals surface area contributed by atoms with E-state index in [0.29, 0.717) is 12.2 Å². The highest BCUT2D eigenvalue weighted by atomic mass is 16.2. The fourth-order valence-electron chi connectivity index (χ4n) is 2.76. The first-order valence-electron chi connectivity index (χ1n) is 7.87. The zero-order valence-corrected chi connectivity index (χ0v) is 13.4. The van der Waals surface area contributed by atoms with Gasteiger partial charge in [-0.3, -0.25) is 9.69 Å². The molecule has 23 heavy (non-hydrogen) atoms. The summed E-state index contributed by atoms with van der Waals surface area (Å²) < 4.78 is 0. The number of aromatic nitrogens is 3. The number of amides is 1. The number of benzene rings is 1. The lowest BCUT2D eigenvalue weighted by Crippen LogP contribution is -2.48. The highest BCUT2D eigenvalue weighted by molar-refractivity contribution is 5.91. The van der Waals surface area contributed by atoms with E-state index in [0.717, 1.165) is 32.7 Å². The molecule has 7 nitrogen and oxygen atoms in total. The largest absolute Gasteiger partial charge is 0.369 e. The molecule has 0 aliphatic carbocycles. The van der Waals surface area contributed by atoms with E-state index in [1.807, 2.05) is 6.07 Å². The normalized spacial score (nSPS) is 15.6. The van der Waals surface area contributed by atoms with Gasteiger partial charge in [-0.1, -0.05) is 18.2 Å². The Hall–Kier alpha value is -2.41. The second kappa shape index (κ2) is 7.23. The van der Waals surface area contributed by atoms with Crippen LogP contribution in [0.1, 0.15) is 10.5 Å². The quantitative estimate of drug-likeness (QED) is 0.880. The highest BCUT2D eigenvalue weighted by Crippen LogP contribution is 2.15. The van der Waals surface area contributed by atoms with E-state index in [-0.39, 0.29) is 5.91 Å². The Bertz CT molecular complexity index is 607. The van der Waals surface area contributed by atoms with Crippen molar-refractivity contribution in [1.82, 2.24) is 25.2 Å². The van der Waals surface area contributed by atoms with Crippen LogP contribution in [0.4, 0.5) is 5.69 Å². The maximum atomic E-state index is 12.1. The van der Waals surface area contributed by atoms with Crippen molar-refractivity contribution in [1.29, 1.82) is 0 Å². The molecule has 2 aromatic rings. The first kappa shape index (κ1) is 15.5. The van der Waals surface area contributed by atoms with Gasteiger partial charge in [0.2, 0.25) is 0 Å². The number of anilines is 1. The molecule has 0 radical (unpaired) electrons. The van der Waals surface area contributed by atoms with E-state index in [4.69, 9.17) is 0 Å². The number of nitrogens with zero attached hydrogens (tertiary/aromatic N) is 5. The summed E-state index contributed by atoms with van der Waals surface area (Å²) in [5.41, 5.74) is 1.65. The topological polar surface area (TPSA) is 68.4 Å². The number of para-hydroxylation sites is 1. The van der Waals surface area contributed by atoms with Crippen LogP contribution < -0.4 is 4.90 Å². The first-order valence-corrected chi connectivity index (χ1v) is 7.87. The maximum Gasteiger partial charge on any atom is 0.275 e. The molecule has 0 spiro atoms. The van der Waals surface area contributed by atoms with Crippen LogP contribution in [0, 0.1) is 0 Å². The van der Waals surface area contributed by atoms with E-state index in [1.54, 1.807) is 11.9 Å². The van der Waals surface area contributed by atoms with Crippen LogP contribution in [0.15, 0.2) is 36.5 Å². The molecule has 122 valence electrons. The SMILES string of the molecule is CN(CCN1CCN(c2ccccc2)CC1)C(=O)c1cn[nH]n1. The van der Waals surface area contributed by atoms with Gasteiger partial charge in [0.1, 0.15) is 0 Å². The number of hydrogen-bond acceptors (Lipinski definition) is 5. The third kappa shape index (κ3) is 3.87. The van der Waals surface area contributed by atoms with Gasteiger partial charge in [0.15, 0.2) is 5.69 Å². The monoisotopic (exact) mass is 314 g/mol. The molecule has 1 aliphatic rings. The second-order valence-corrected chi connectivity index (χ2v) is 5.75. The second-order valence-electron chi connectivity index (χ2n) is 5.75. The molecule has 1 saturated heterocycles. The molecule has 1 aliphatic heterocycles. The van der Waals surface area contributed by atoms with Crippen molar-refractivity contribution in [3.63, 3.8) is 0 Å². The summed E-state index contributed by atoms with van der Waals surface area (Å²) in [6, 6.07) is 10.5. The summed E-state index contributed by atoms with van der Waals surface area (Å²) in [4.78, 5) is 18.6. The molecule has 1 amide bonds. The molecule has 2 heterocycles. The van der Waals surface area contributed by atoms with Crippen LogP contribution in [0.3, 0.4) is 0 Å². The summed E-state index contributed by atoms with van der Waals surface area (Å²) in [7, 11) is 1.80. The van der Waals surface area contributed by atoms with Crippen LogP contribution in [0.25, 0.3) is 0 Å². The minimum atomic E-state index is -0.0957. The fourth-order valence-corrected chi connectivity index (χ4v) is 2.76. The molecule has 0 atom stereocenters. The first-order chi connectivity index (χ1) is 11.2. The number of rotatable bonds is 5. The third-order valence-corrected chi connectivity index (χ3v) is 4.23. The van der Waals surface area contributed by atoms with Gasteiger partial charge in [-0.25, -0.2) is 0 Å². The molecule has 1 N–H and O–H groups in total. The number of carbonyl (C=O) groups is 1. The Morgan fingerprint density at radius 2 is 1.96 bits per heavy atom. The van der Waals surface area contributed by atoms with Crippen molar-refractivity contribution in [2.45, 2.75) is 0 Å². The molecular weight excluding hydrogens is 292 g/mol. The smallest absolute Gasteiger partial charge is 0.275 e. The standard InChI is InChI=1S/C16H22N6O/c1-20(16(23)15-13-17-19-18-15)7-8-21-9-11-22(12-10-21)14-5-3-2-4-6-14/h2-6,13H,7-12H2,1H3,(H,17,18,19). The van der Waals surface area contributed by atoms with Crippen molar-refractivity contribution >= 4 is 11.6 Å². The maximum absolute atomic E-state index is 12.1. The molecule has 0 saturated carbocycles. The highest BCUT2D eigenvalue weighted by Gasteiger charge is 2.19. The molecule has 3 rings (SSSR count). The molecular formula is C16H22N6O. The Balaban J connectivity index is 1.43. The van der Waals surface area contributed by atoms with Crippen molar-refractivity contribution in [3.8, 4) is 0 Å². The molecule has 0 bridgehead atoms. The number of hydrogen-bond donors (Lipinski definition) is 1. The predicted molar refractivity (Wildman–Crippen MR) is 88.4 cm³/mol. The number of aromatic amines is 1. The van der Waals surface area contributed by atoms with Crippen LogP contribution in [-0.2, 0) is 0 Å². The Kier molecular flexibility index (Phi) is 4.87. The van der Waals surface area contributed by atoms with Gasteiger partial charge in [-0.15, -0.1) is 0 Å². The van der Waals surface area contributed by atoms with Gasteiger partial charge in [0, 0.05) is 52.0 Å². The molecule has 7 heteroatoms. The number of nitrogens with one attached hydrogen (secondary N) is 1. The molecule has 1 fully saturated rings. The summed E-state index contributed by atoms with van der Waals surface area (Å²) in [5.74, 6) is -0.0957. The number of piperazine rings is 1. The van der Waals surface area contributed by atoms with E-state index in [2.05, 4.69) is 49.5 Å². The number of carbonyl (C=O) groups excluding carboxylic acids is 1. The van der Waals surface area contributed by atoms with Gasteiger partial charge in [0.05, 0.1) is 6.20 Å². The fraction of sp³-hybridized carbons (Fsp3) is 0.438. The minimum Gasteiger partial charge on any atom is -0.369 e. The van der Waals surface area contributed by atoms with Crippen molar-refractivity contribution < 1.29 is 4.79 Å². The van der Waals surface area contributed by atoms with E-state index < -0.39 is 0 Å². The predicted octanol–water partition coefficient (Wildman–Crippen LogP) is 0.699. The minimum absolute atomic E-state index is 0.0957. The van der Waals surface area contributed by atoms with E-state index in [9.17, 15) is 4.79 Å². The molecule has 1 aromatic carbocycles. The lowest BCUT2D eigenvalue weighted by molar-refractivity contribution is 0.0770. The summed E-state index contributed by atoms with van der Waals surface area (Å²) >= 11 is 0. The van der Waals surface area contributed by atoms with E-state index in [1.165, 1.54) is 11.9 Å². The summed E-state index contributed by atoms with van der Waals surface area (Å²) in [6.07, 6.45) is 1.46. The molecule has 0 unspecified atom stereocenters. The van der Waals surface area contributed by atoms with Gasteiger partial charge in [-0.05, 0) is 12.1 Å². The van der Waals surface area contributed by atoms with Gasteiger partial charge in [0.25, 0.3) is 5.91 Å². The van der Waals surface area contributed by atoms with Crippen molar-refractivity contribution in [2.75, 3.05) is 51.2 Å². The molecule has 1 aromatic heterocycles. The van der Waals surface area contributed by atoms with Crippen molar-refractivity contribution in [3.05, 3.63) is 42.2 Å². The Labute approximate surface area is 135 Å². The Morgan fingerprint density at radius 3 is 2.61 bits per heavy atom. The van der Waals surface area contributed by atoms with Crippen LogP contribution in [0.5, 0.6) is 0 Å². The van der Waals surface area contributed by atoms with Crippen LogP contribution in [-0.4, -0.2) is 77.4 Å². The summed E-state index contributed by atoms with van der Waals surface area (Å²) in [5, 5.41) is 9.97. The van der Waals surface area contributed by atoms with E-state index >= 15 is 0 Å². The van der Waals surface area contributed by atoms with Crippen molar-refractivity contribution in [2.24, 2.45) is 0 Å². The lowest BCUT2D eigenvalue weighted by atomic mass is 10.2. The van der Waals surface area contributed by atoms with Gasteiger partial charge >= 0.3 is 0 Å². The lowest BCUT2D eigenvalue weighted by Gasteiger charge is -2.36. The summed E-state index contributed by atoms with van der Waals surface area (Å²) in [6.45, 7) is 5.64. The number of H-pyrrole nitrogens is 1. The zero-order chi connectivity index (χ0) is 16.1. The van der Waals surface area contributed by atoms with Crippen LogP contribution in [0.2, 0.25) is 0 Å². The Morgan fingerprint density at radius 1 is 1.22 bits per heavy atom. The average molecular weight is 314 g/mol. The third-order valence-electron chi connectivity index (χ3n) is 4.23. The number of likely N-dealkylation sites (N-methyl/N-ethyl adjacent to an activating group) is 1.